The van der Waals surface area contributed by atoms with E-state index in [-0.39, 0.29) is 0 Å². The van der Waals surface area contributed by atoms with Crippen LogP contribution in [0.3, 0.4) is 0 Å². The Bertz CT molecular complexity index is 489. The third kappa shape index (κ3) is 2.24. The van der Waals surface area contributed by atoms with Gasteiger partial charge in [0.05, 0.1) is 5.69 Å². The van der Waals surface area contributed by atoms with E-state index in [0.717, 1.165) is 30.0 Å². The van der Waals surface area contributed by atoms with Crippen molar-refractivity contribution < 1.29 is 0 Å². The predicted octanol–water partition coefficient (Wildman–Crippen LogP) is 1.97. The van der Waals surface area contributed by atoms with Gasteiger partial charge in [0, 0.05) is 17.6 Å². The Morgan fingerprint density at radius 2 is 1.95 bits per heavy atom. The fourth-order valence-electron chi connectivity index (χ4n) is 3.86. The SMILES string of the molecule is CCc1nc(N)nc(NCC23CCCN2CCC3)c1C. The minimum absolute atomic E-state index is 0.360. The summed E-state index contributed by atoms with van der Waals surface area (Å²) in [6, 6.07) is 0. The standard InChI is InChI=1S/C15H25N5/c1-3-12-11(2)13(19-14(16)18-12)17-10-15-6-4-8-20(15)9-5-7-15/h3-10H2,1-2H3,(H3,16,17,18,19). The lowest BCUT2D eigenvalue weighted by atomic mass is 9.94. The van der Waals surface area contributed by atoms with Crippen LogP contribution in [-0.4, -0.2) is 40.0 Å². The van der Waals surface area contributed by atoms with Gasteiger partial charge in [0.25, 0.3) is 0 Å². The molecule has 3 rings (SSSR count). The van der Waals surface area contributed by atoms with Crippen LogP contribution in [0.4, 0.5) is 11.8 Å². The molecule has 0 aliphatic carbocycles. The van der Waals surface area contributed by atoms with Crippen molar-refractivity contribution in [2.24, 2.45) is 0 Å². The second kappa shape index (κ2) is 5.20. The highest BCUT2D eigenvalue weighted by Gasteiger charge is 2.43. The van der Waals surface area contributed by atoms with E-state index in [1.54, 1.807) is 0 Å². The number of anilines is 2. The highest BCUT2D eigenvalue weighted by atomic mass is 15.3. The summed E-state index contributed by atoms with van der Waals surface area (Å²) in [6.45, 7) is 7.68. The third-order valence-electron chi connectivity index (χ3n) is 4.99. The minimum atomic E-state index is 0.360. The summed E-state index contributed by atoms with van der Waals surface area (Å²) >= 11 is 0. The molecule has 0 amide bonds. The van der Waals surface area contributed by atoms with Crippen molar-refractivity contribution in [1.82, 2.24) is 14.9 Å². The Labute approximate surface area is 121 Å². The number of rotatable bonds is 4. The molecule has 0 bridgehead atoms. The molecular formula is C15H25N5. The third-order valence-corrected chi connectivity index (χ3v) is 4.99. The Morgan fingerprint density at radius 1 is 1.25 bits per heavy atom. The van der Waals surface area contributed by atoms with E-state index >= 15 is 0 Å². The van der Waals surface area contributed by atoms with Crippen LogP contribution < -0.4 is 11.1 Å². The Balaban J connectivity index is 1.77. The maximum atomic E-state index is 5.82. The fourth-order valence-corrected chi connectivity index (χ4v) is 3.86. The molecule has 2 fully saturated rings. The quantitative estimate of drug-likeness (QED) is 0.879. The fraction of sp³-hybridized carbons (Fsp3) is 0.733. The summed E-state index contributed by atoms with van der Waals surface area (Å²) in [6.07, 6.45) is 6.16. The first-order valence-corrected chi connectivity index (χ1v) is 7.76. The molecule has 0 radical (unpaired) electrons. The van der Waals surface area contributed by atoms with Crippen molar-refractivity contribution in [2.75, 3.05) is 30.7 Å². The second-order valence-electron chi connectivity index (χ2n) is 6.13. The molecular weight excluding hydrogens is 250 g/mol. The zero-order valence-corrected chi connectivity index (χ0v) is 12.6. The van der Waals surface area contributed by atoms with Crippen LogP contribution in [0.1, 0.15) is 43.9 Å². The van der Waals surface area contributed by atoms with E-state index in [1.165, 1.54) is 38.8 Å². The van der Waals surface area contributed by atoms with Crippen molar-refractivity contribution in [2.45, 2.75) is 51.5 Å². The van der Waals surface area contributed by atoms with Gasteiger partial charge in [-0.3, -0.25) is 4.90 Å². The number of hydrogen-bond donors (Lipinski definition) is 2. The number of nitrogens with zero attached hydrogens (tertiary/aromatic N) is 3. The van der Waals surface area contributed by atoms with E-state index in [9.17, 15) is 0 Å². The Hall–Kier alpha value is -1.36. The maximum Gasteiger partial charge on any atom is 0.222 e. The zero-order chi connectivity index (χ0) is 14.2. The lowest BCUT2D eigenvalue weighted by Crippen LogP contribution is -2.44. The van der Waals surface area contributed by atoms with E-state index in [0.29, 0.717) is 11.5 Å². The molecule has 2 aliphatic rings. The summed E-state index contributed by atoms with van der Waals surface area (Å²) < 4.78 is 0. The normalized spacial score (nSPS) is 21.1. The van der Waals surface area contributed by atoms with Gasteiger partial charge in [0.15, 0.2) is 0 Å². The second-order valence-corrected chi connectivity index (χ2v) is 6.13. The molecule has 110 valence electrons. The smallest absolute Gasteiger partial charge is 0.222 e. The van der Waals surface area contributed by atoms with Crippen LogP contribution in [0, 0.1) is 6.92 Å². The summed E-state index contributed by atoms with van der Waals surface area (Å²) in [7, 11) is 0. The topological polar surface area (TPSA) is 67.1 Å². The largest absolute Gasteiger partial charge is 0.368 e. The van der Waals surface area contributed by atoms with E-state index in [1.807, 2.05) is 0 Å². The van der Waals surface area contributed by atoms with E-state index < -0.39 is 0 Å². The average molecular weight is 275 g/mol. The number of aromatic nitrogens is 2. The molecule has 1 aromatic rings. The van der Waals surface area contributed by atoms with Gasteiger partial charge in [0.2, 0.25) is 5.95 Å². The highest BCUT2D eigenvalue weighted by Crippen LogP contribution is 2.38. The molecule has 1 aromatic heterocycles. The molecule has 0 spiro atoms. The van der Waals surface area contributed by atoms with Crippen LogP contribution in [0.5, 0.6) is 0 Å². The van der Waals surface area contributed by atoms with Gasteiger partial charge < -0.3 is 11.1 Å². The van der Waals surface area contributed by atoms with Gasteiger partial charge in [0.1, 0.15) is 5.82 Å². The van der Waals surface area contributed by atoms with Crippen LogP contribution in [0.2, 0.25) is 0 Å². The molecule has 5 heteroatoms. The van der Waals surface area contributed by atoms with Gasteiger partial charge in [-0.25, -0.2) is 4.98 Å². The number of nitrogens with two attached hydrogens (primary N) is 1. The van der Waals surface area contributed by atoms with Crippen LogP contribution in [-0.2, 0) is 6.42 Å². The van der Waals surface area contributed by atoms with Crippen molar-refractivity contribution in [3.05, 3.63) is 11.3 Å². The molecule has 3 N–H and O–H groups in total. The number of nitrogen functional groups attached to an aromatic ring is 1. The molecule has 0 atom stereocenters. The summed E-state index contributed by atoms with van der Waals surface area (Å²) in [4.78, 5) is 11.4. The zero-order valence-electron chi connectivity index (χ0n) is 12.6. The first kappa shape index (κ1) is 13.6. The summed E-state index contributed by atoms with van der Waals surface area (Å²) in [5.74, 6) is 1.30. The van der Waals surface area contributed by atoms with Gasteiger partial charge in [-0.1, -0.05) is 6.92 Å². The first-order chi connectivity index (χ1) is 9.64. The van der Waals surface area contributed by atoms with Crippen molar-refractivity contribution in [1.29, 1.82) is 0 Å². The Morgan fingerprint density at radius 3 is 2.60 bits per heavy atom. The molecule has 0 saturated carbocycles. The molecule has 5 nitrogen and oxygen atoms in total. The van der Waals surface area contributed by atoms with Gasteiger partial charge in [-0.15, -0.1) is 0 Å². The van der Waals surface area contributed by atoms with Crippen LogP contribution in [0.15, 0.2) is 0 Å². The molecule has 3 heterocycles. The van der Waals surface area contributed by atoms with Crippen molar-refractivity contribution >= 4 is 11.8 Å². The van der Waals surface area contributed by atoms with Gasteiger partial charge in [-0.2, -0.15) is 4.98 Å². The lowest BCUT2D eigenvalue weighted by molar-refractivity contribution is 0.209. The number of hydrogen-bond acceptors (Lipinski definition) is 5. The van der Waals surface area contributed by atoms with Crippen LogP contribution in [0.25, 0.3) is 0 Å². The number of fused-ring (bicyclic) bond motifs is 1. The average Bonchev–Trinajstić information content (AvgIpc) is 2.98. The lowest BCUT2D eigenvalue weighted by Gasteiger charge is -2.32. The highest BCUT2D eigenvalue weighted by molar-refractivity contribution is 5.49. The van der Waals surface area contributed by atoms with E-state index in [2.05, 4.69) is 34.0 Å². The van der Waals surface area contributed by atoms with Crippen LogP contribution >= 0.6 is 0 Å². The molecule has 2 aliphatic heterocycles. The van der Waals surface area contributed by atoms with E-state index in [4.69, 9.17) is 5.73 Å². The predicted molar refractivity (Wildman–Crippen MR) is 81.8 cm³/mol. The number of aryl methyl sites for hydroxylation is 1. The maximum absolute atomic E-state index is 5.82. The van der Waals surface area contributed by atoms with Crippen molar-refractivity contribution in [3.8, 4) is 0 Å². The summed E-state index contributed by atoms with van der Waals surface area (Å²) in [5.41, 5.74) is 8.37. The minimum Gasteiger partial charge on any atom is -0.368 e. The number of nitrogens with one attached hydrogen (secondary N) is 1. The Kier molecular flexibility index (Phi) is 3.54. The first-order valence-electron chi connectivity index (χ1n) is 7.76. The van der Waals surface area contributed by atoms with Crippen molar-refractivity contribution in [3.63, 3.8) is 0 Å². The molecule has 20 heavy (non-hydrogen) atoms. The molecule has 2 saturated heterocycles. The molecule has 0 unspecified atom stereocenters. The summed E-state index contributed by atoms with van der Waals surface area (Å²) in [5, 5.41) is 3.56. The monoisotopic (exact) mass is 275 g/mol. The molecule has 0 aromatic carbocycles. The van der Waals surface area contributed by atoms with Gasteiger partial charge >= 0.3 is 0 Å². The van der Waals surface area contributed by atoms with Gasteiger partial charge in [-0.05, 0) is 52.1 Å².